The van der Waals surface area contributed by atoms with Gasteiger partial charge < -0.3 is 9.47 Å². The summed E-state index contributed by atoms with van der Waals surface area (Å²) in [5, 5.41) is 0. The van der Waals surface area contributed by atoms with E-state index >= 15 is 0 Å². The minimum absolute atomic E-state index is 0.291. The first kappa shape index (κ1) is 11.7. The standard InChI is InChI=1S/C10H10BrNO3/c1-14-9(13)5-3-7-15-8-4-2-6-12-10(8)11/h2-6H,7H2,1H3/b5-3+. The summed E-state index contributed by atoms with van der Waals surface area (Å²) in [4.78, 5) is 14.7. The molecule has 0 aliphatic carbocycles. The molecule has 1 aromatic heterocycles. The molecule has 0 atom stereocenters. The topological polar surface area (TPSA) is 48.4 Å². The number of ether oxygens (including phenoxy) is 2. The molecule has 0 fully saturated rings. The van der Waals surface area contributed by atoms with Gasteiger partial charge in [-0.05, 0) is 34.1 Å². The van der Waals surface area contributed by atoms with Gasteiger partial charge in [-0.25, -0.2) is 9.78 Å². The minimum Gasteiger partial charge on any atom is -0.487 e. The molecule has 0 aliphatic rings. The second kappa shape index (κ2) is 6.19. The number of rotatable bonds is 4. The van der Waals surface area contributed by atoms with Crippen LogP contribution in [-0.4, -0.2) is 24.7 Å². The van der Waals surface area contributed by atoms with Gasteiger partial charge in [-0.1, -0.05) is 0 Å². The maximum atomic E-state index is 10.7. The molecule has 0 radical (unpaired) electrons. The number of carbonyl (C=O) groups excluding carboxylic acids is 1. The Kier molecular flexibility index (Phi) is 4.83. The van der Waals surface area contributed by atoms with Crippen LogP contribution in [0, 0.1) is 0 Å². The predicted octanol–water partition coefficient (Wildman–Crippen LogP) is 1.95. The van der Waals surface area contributed by atoms with Crippen molar-refractivity contribution in [3.8, 4) is 5.75 Å². The summed E-state index contributed by atoms with van der Waals surface area (Å²) in [5.41, 5.74) is 0. The summed E-state index contributed by atoms with van der Waals surface area (Å²) in [6.07, 6.45) is 4.54. The lowest BCUT2D eigenvalue weighted by atomic mass is 10.4. The molecular weight excluding hydrogens is 262 g/mol. The number of halogens is 1. The van der Waals surface area contributed by atoms with Crippen LogP contribution in [-0.2, 0) is 9.53 Å². The van der Waals surface area contributed by atoms with Crippen LogP contribution in [0.15, 0.2) is 35.1 Å². The van der Waals surface area contributed by atoms with Crippen molar-refractivity contribution in [2.75, 3.05) is 13.7 Å². The summed E-state index contributed by atoms with van der Waals surface area (Å²) in [6, 6.07) is 3.55. The number of carbonyl (C=O) groups is 1. The fourth-order valence-electron chi connectivity index (χ4n) is 0.829. The number of esters is 1. The molecule has 0 unspecified atom stereocenters. The zero-order chi connectivity index (χ0) is 11.1. The molecule has 0 saturated heterocycles. The van der Waals surface area contributed by atoms with E-state index in [1.165, 1.54) is 13.2 Å². The van der Waals surface area contributed by atoms with Gasteiger partial charge in [-0.2, -0.15) is 0 Å². The molecule has 0 spiro atoms. The number of methoxy groups -OCH3 is 1. The van der Waals surface area contributed by atoms with E-state index in [-0.39, 0.29) is 0 Å². The summed E-state index contributed by atoms with van der Waals surface area (Å²) in [6.45, 7) is 0.291. The van der Waals surface area contributed by atoms with Crippen molar-refractivity contribution in [3.05, 3.63) is 35.1 Å². The van der Waals surface area contributed by atoms with E-state index in [9.17, 15) is 4.79 Å². The van der Waals surface area contributed by atoms with Crippen LogP contribution in [0.2, 0.25) is 0 Å². The van der Waals surface area contributed by atoms with Gasteiger partial charge in [0.15, 0.2) is 5.75 Å². The summed E-state index contributed by atoms with van der Waals surface area (Å²) in [7, 11) is 1.32. The van der Waals surface area contributed by atoms with Crippen molar-refractivity contribution in [2.24, 2.45) is 0 Å². The molecule has 0 amide bonds. The summed E-state index contributed by atoms with van der Waals surface area (Å²) in [5.74, 6) is 0.232. The Morgan fingerprint density at radius 1 is 1.67 bits per heavy atom. The van der Waals surface area contributed by atoms with Gasteiger partial charge in [0.05, 0.1) is 7.11 Å². The van der Waals surface area contributed by atoms with Crippen molar-refractivity contribution in [1.82, 2.24) is 4.98 Å². The molecule has 0 aromatic carbocycles. The number of hydrogen-bond acceptors (Lipinski definition) is 4. The molecule has 0 saturated carbocycles. The van der Waals surface area contributed by atoms with Gasteiger partial charge in [0.25, 0.3) is 0 Å². The Hall–Kier alpha value is -1.36. The van der Waals surface area contributed by atoms with Crippen LogP contribution in [0.5, 0.6) is 5.75 Å². The lowest BCUT2D eigenvalue weighted by molar-refractivity contribution is -0.134. The van der Waals surface area contributed by atoms with Gasteiger partial charge in [0.1, 0.15) is 11.2 Å². The molecule has 80 valence electrons. The van der Waals surface area contributed by atoms with E-state index in [2.05, 4.69) is 25.7 Å². The van der Waals surface area contributed by atoms with Crippen molar-refractivity contribution in [1.29, 1.82) is 0 Å². The SMILES string of the molecule is COC(=O)/C=C/COc1cccnc1Br. The van der Waals surface area contributed by atoms with Gasteiger partial charge in [-0.3, -0.25) is 0 Å². The van der Waals surface area contributed by atoms with Crippen LogP contribution in [0.25, 0.3) is 0 Å². The van der Waals surface area contributed by atoms with Crippen LogP contribution >= 0.6 is 15.9 Å². The number of nitrogens with zero attached hydrogens (tertiary/aromatic N) is 1. The van der Waals surface area contributed by atoms with Gasteiger partial charge in [0.2, 0.25) is 0 Å². The van der Waals surface area contributed by atoms with Crippen molar-refractivity contribution in [3.63, 3.8) is 0 Å². The molecule has 0 aliphatic heterocycles. The highest BCUT2D eigenvalue weighted by atomic mass is 79.9. The first-order valence-electron chi connectivity index (χ1n) is 4.22. The smallest absolute Gasteiger partial charge is 0.330 e. The second-order valence-electron chi connectivity index (χ2n) is 2.53. The third kappa shape index (κ3) is 4.12. The minimum atomic E-state index is -0.399. The van der Waals surface area contributed by atoms with E-state index in [4.69, 9.17) is 4.74 Å². The maximum Gasteiger partial charge on any atom is 0.330 e. The molecule has 1 heterocycles. The zero-order valence-electron chi connectivity index (χ0n) is 8.14. The molecular formula is C10H10BrNO3. The van der Waals surface area contributed by atoms with Crippen molar-refractivity contribution >= 4 is 21.9 Å². The first-order valence-corrected chi connectivity index (χ1v) is 5.01. The quantitative estimate of drug-likeness (QED) is 0.477. The maximum absolute atomic E-state index is 10.7. The normalized spacial score (nSPS) is 10.3. The Balaban J connectivity index is 2.41. The lowest BCUT2D eigenvalue weighted by Gasteiger charge is -2.03. The highest BCUT2D eigenvalue weighted by Gasteiger charge is 1.98. The largest absolute Gasteiger partial charge is 0.487 e. The number of pyridine rings is 1. The highest BCUT2D eigenvalue weighted by Crippen LogP contribution is 2.20. The lowest BCUT2D eigenvalue weighted by Crippen LogP contribution is -1.98. The molecule has 1 aromatic rings. The first-order chi connectivity index (χ1) is 7.24. The molecule has 1 rings (SSSR count). The average molecular weight is 272 g/mol. The predicted molar refractivity (Wildman–Crippen MR) is 58.6 cm³/mol. The van der Waals surface area contributed by atoms with Crippen LogP contribution in [0.4, 0.5) is 0 Å². The summed E-state index contributed by atoms with van der Waals surface area (Å²) >= 11 is 3.24. The Morgan fingerprint density at radius 3 is 3.13 bits per heavy atom. The van der Waals surface area contributed by atoms with E-state index in [1.54, 1.807) is 24.4 Å². The van der Waals surface area contributed by atoms with Crippen LogP contribution in [0.1, 0.15) is 0 Å². The average Bonchev–Trinajstić information content (AvgIpc) is 2.26. The highest BCUT2D eigenvalue weighted by molar-refractivity contribution is 9.10. The zero-order valence-corrected chi connectivity index (χ0v) is 9.73. The van der Waals surface area contributed by atoms with Gasteiger partial charge >= 0.3 is 5.97 Å². The van der Waals surface area contributed by atoms with E-state index in [1.807, 2.05) is 0 Å². The third-order valence-corrected chi connectivity index (χ3v) is 2.11. The van der Waals surface area contributed by atoms with Crippen LogP contribution in [0.3, 0.4) is 0 Å². The Bertz CT molecular complexity index is 365. The fraction of sp³-hybridized carbons (Fsp3) is 0.200. The molecule has 15 heavy (non-hydrogen) atoms. The monoisotopic (exact) mass is 271 g/mol. The third-order valence-electron chi connectivity index (χ3n) is 1.52. The Morgan fingerprint density at radius 2 is 2.47 bits per heavy atom. The van der Waals surface area contributed by atoms with E-state index in [0.29, 0.717) is 17.0 Å². The molecule has 5 heteroatoms. The molecule has 0 N–H and O–H groups in total. The van der Waals surface area contributed by atoms with E-state index in [0.717, 1.165) is 0 Å². The second-order valence-corrected chi connectivity index (χ2v) is 3.28. The molecule has 4 nitrogen and oxygen atoms in total. The van der Waals surface area contributed by atoms with Crippen molar-refractivity contribution < 1.29 is 14.3 Å². The molecule has 0 bridgehead atoms. The van der Waals surface area contributed by atoms with Crippen LogP contribution < -0.4 is 4.74 Å². The van der Waals surface area contributed by atoms with Crippen molar-refractivity contribution in [2.45, 2.75) is 0 Å². The number of hydrogen-bond donors (Lipinski definition) is 0. The Labute approximate surface area is 96.0 Å². The summed E-state index contributed by atoms with van der Waals surface area (Å²) < 4.78 is 10.4. The fourth-order valence-corrected chi connectivity index (χ4v) is 1.19. The number of aromatic nitrogens is 1. The van der Waals surface area contributed by atoms with E-state index < -0.39 is 5.97 Å². The van der Waals surface area contributed by atoms with Gasteiger partial charge in [-0.15, -0.1) is 0 Å². The van der Waals surface area contributed by atoms with Gasteiger partial charge in [0, 0.05) is 12.3 Å².